The van der Waals surface area contributed by atoms with Gasteiger partial charge in [0.25, 0.3) is 0 Å². The van der Waals surface area contributed by atoms with Crippen molar-refractivity contribution in [3.05, 3.63) is 24.3 Å². The van der Waals surface area contributed by atoms with Crippen LogP contribution in [0, 0.1) is 0 Å². The van der Waals surface area contributed by atoms with Crippen molar-refractivity contribution >= 4 is 17.5 Å². The maximum absolute atomic E-state index is 12.6. The Hall–Kier alpha value is -2.12. The number of rotatable bonds is 5. The predicted octanol–water partition coefficient (Wildman–Crippen LogP) is 0.506. The molecule has 1 aromatic rings. The van der Waals surface area contributed by atoms with Gasteiger partial charge >= 0.3 is 0 Å². The lowest BCUT2D eigenvalue weighted by molar-refractivity contribution is -0.137. The summed E-state index contributed by atoms with van der Waals surface area (Å²) in [6.45, 7) is 3.46. The third kappa shape index (κ3) is 4.16. The van der Waals surface area contributed by atoms with E-state index < -0.39 is 0 Å². The molecule has 1 atom stereocenters. The Bertz CT molecular complexity index is 664. The van der Waals surface area contributed by atoms with E-state index in [9.17, 15) is 9.59 Å². The summed E-state index contributed by atoms with van der Waals surface area (Å²) in [5.74, 6) is 0.715. The number of amides is 2. The lowest BCUT2D eigenvalue weighted by Gasteiger charge is -2.35. The molecule has 2 saturated heterocycles. The molecule has 3 rings (SSSR count). The van der Waals surface area contributed by atoms with E-state index in [0.29, 0.717) is 25.7 Å². The van der Waals surface area contributed by atoms with Crippen molar-refractivity contribution in [2.75, 3.05) is 65.4 Å². The first kappa shape index (κ1) is 18.7. The topological polar surface area (TPSA) is 56.3 Å². The highest BCUT2D eigenvalue weighted by molar-refractivity contribution is 5.98. The monoisotopic (exact) mass is 360 g/mol. The highest BCUT2D eigenvalue weighted by Crippen LogP contribution is 2.23. The number of likely N-dealkylation sites (tertiary alicyclic amines) is 1. The molecular formula is C19H28N4O3. The molecule has 26 heavy (non-hydrogen) atoms. The third-order valence-electron chi connectivity index (χ3n) is 5.28. The summed E-state index contributed by atoms with van der Waals surface area (Å²) in [4.78, 5) is 33.0. The summed E-state index contributed by atoms with van der Waals surface area (Å²) in [7, 11) is 5.76. The maximum atomic E-state index is 12.6. The van der Waals surface area contributed by atoms with Crippen LogP contribution in [0.1, 0.15) is 6.42 Å². The van der Waals surface area contributed by atoms with Crippen molar-refractivity contribution in [3.8, 4) is 5.75 Å². The lowest BCUT2D eigenvalue weighted by atomic mass is 10.2. The smallest absolute Gasteiger partial charge is 0.246 e. The van der Waals surface area contributed by atoms with Crippen molar-refractivity contribution in [2.24, 2.45) is 0 Å². The Kier molecular flexibility index (Phi) is 5.78. The second-order valence-corrected chi connectivity index (χ2v) is 7.20. The normalized spacial score (nSPS) is 21.5. The van der Waals surface area contributed by atoms with Crippen molar-refractivity contribution in [2.45, 2.75) is 12.5 Å². The van der Waals surface area contributed by atoms with E-state index in [2.05, 4.69) is 23.9 Å². The lowest BCUT2D eigenvalue weighted by Crippen LogP contribution is -2.54. The SMILES string of the molecule is COc1cccc(N2CCN(C(=O)CN3CC[C@@H](N(C)C)C3)CC2=O)c1. The van der Waals surface area contributed by atoms with Gasteiger partial charge in [-0.15, -0.1) is 0 Å². The summed E-state index contributed by atoms with van der Waals surface area (Å²) in [5.41, 5.74) is 0.815. The van der Waals surface area contributed by atoms with Gasteiger partial charge in [-0.25, -0.2) is 0 Å². The van der Waals surface area contributed by atoms with Crippen molar-refractivity contribution in [3.63, 3.8) is 0 Å². The highest BCUT2D eigenvalue weighted by atomic mass is 16.5. The molecule has 2 fully saturated rings. The Morgan fingerprint density at radius 3 is 2.73 bits per heavy atom. The van der Waals surface area contributed by atoms with Crippen LogP contribution in [0.4, 0.5) is 5.69 Å². The van der Waals surface area contributed by atoms with E-state index >= 15 is 0 Å². The van der Waals surface area contributed by atoms with E-state index in [-0.39, 0.29) is 18.4 Å². The van der Waals surface area contributed by atoms with Crippen LogP contribution >= 0.6 is 0 Å². The molecule has 1 aromatic carbocycles. The number of piperazine rings is 1. The van der Waals surface area contributed by atoms with Crippen LogP contribution in [-0.2, 0) is 9.59 Å². The zero-order chi connectivity index (χ0) is 18.7. The minimum Gasteiger partial charge on any atom is -0.497 e. The minimum atomic E-state index is -0.0505. The zero-order valence-corrected chi connectivity index (χ0v) is 15.9. The maximum Gasteiger partial charge on any atom is 0.246 e. The van der Waals surface area contributed by atoms with Gasteiger partial charge in [-0.1, -0.05) is 6.07 Å². The standard InChI is InChI=1S/C19H28N4O3/c1-20(2)16-7-8-21(12-16)13-18(24)22-9-10-23(19(25)14-22)15-5-4-6-17(11-15)26-3/h4-6,11,16H,7-10,12-14H2,1-3H3/t16-/m1/s1. The summed E-state index contributed by atoms with van der Waals surface area (Å²) in [6, 6.07) is 7.97. The van der Waals surface area contributed by atoms with E-state index in [0.717, 1.165) is 30.9 Å². The Labute approximate surface area is 155 Å². The number of hydrogen-bond donors (Lipinski definition) is 0. The van der Waals surface area contributed by atoms with Gasteiger partial charge in [0.05, 0.1) is 13.7 Å². The number of ether oxygens (including phenoxy) is 1. The molecule has 2 heterocycles. The number of anilines is 1. The highest BCUT2D eigenvalue weighted by Gasteiger charge is 2.31. The first-order valence-corrected chi connectivity index (χ1v) is 9.09. The number of likely N-dealkylation sites (N-methyl/N-ethyl adjacent to an activating group) is 1. The molecule has 142 valence electrons. The van der Waals surface area contributed by atoms with Gasteiger partial charge in [0.2, 0.25) is 11.8 Å². The van der Waals surface area contributed by atoms with Gasteiger partial charge in [-0.2, -0.15) is 0 Å². The molecule has 0 aromatic heterocycles. The molecular weight excluding hydrogens is 332 g/mol. The summed E-state index contributed by atoms with van der Waals surface area (Å²) < 4.78 is 5.23. The predicted molar refractivity (Wildman–Crippen MR) is 100 cm³/mol. The van der Waals surface area contributed by atoms with Gasteiger partial charge in [-0.3, -0.25) is 14.5 Å². The van der Waals surface area contributed by atoms with Crippen molar-refractivity contribution in [1.29, 1.82) is 0 Å². The molecule has 2 aliphatic rings. The van der Waals surface area contributed by atoms with Gasteiger partial charge in [0.15, 0.2) is 0 Å². The van der Waals surface area contributed by atoms with E-state index in [1.165, 1.54) is 0 Å². The van der Waals surface area contributed by atoms with Crippen LogP contribution in [-0.4, -0.2) is 93.0 Å². The molecule has 0 spiro atoms. The number of benzene rings is 1. The quantitative estimate of drug-likeness (QED) is 0.766. The second kappa shape index (κ2) is 8.05. The number of hydrogen-bond acceptors (Lipinski definition) is 5. The van der Waals surface area contributed by atoms with Gasteiger partial charge in [-0.05, 0) is 32.6 Å². The van der Waals surface area contributed by atoms with Crippen LogP contribution < -0.4 is 9.64 Å². The van der Waals surface area contributed by atoms with Gasteiger partial charge in [0.1, 0.15) is 12.3 Å². The third-order valence-corrected chi connectivity index (χ3v) is 5.28. The van der Waals surface area contributed by atoms with Crippen LogP contribution in [0.2, 0.25) is 0 Å². The summed E-state index contributed by atoms with van der Waals surface area (Å²) in [6.07, 6.45) is 1.09. The van der Waals surface area contributed by atoms with E-state index in [1.807, 2.05) is 24.3 Å². The molecule has 0 aliphatic carbocycles. The van der Waals surface area contributed by atoms with E-state index in [4.69, 9.17) is 4.74 Å². The Morgan fingerprint density at radius 2 is 2.08 bits per heavy atom. The molecule has 0 radical (unpaired) electrons. The van der Waals surface area contributed by atoms with Gasteiger partial charge in [0, 0.05) is 44.0 Å². The first-order chi connectivity index (χ1) is 12.5. The molecule has 0 saturated carbocycles. The second-order valence-electron chi connectivity index (χ2n) is 7.20. The molecule has 0 unspecified atom stereocenters. The fourth-order valence-electron chi connectivity index (χ4n) is 3.61. The van der Waals surface area contributed by atoms with Crippen molar-refractivity contribution < 1.29 is 14.3 Å². The molecule has 7 nitrogen and oxygen atoms in total. The average Bonchev–Trinajstić information content (AvgIpc) is 3.10. The molecule has 0 N–H and O–H groups in total. The number of methoxy groups -OCH3 is 1. The molecule has 0 bridgehead atoms. The number of carbonyl (C=O) groups is 2. The van der Waals surface area contributed by atoms with Crippen molar-refractivity contribution in [1.82, 2.24) is 14.7 Å². The van der Waals surface area contributed by atoms with Gasteiger partial charge < -0.3 is 19.4 Å². The average molecular weight is 360 g/mol. The summed E-state index contributed by atoms with van der Waals surface area (Å²) >= 11 is 0. The first-order valence-electron chi connectivity index (χ1n) is 9.09. The van der Waals surface area contributed by atoms with E-state index in [1.54, 1.807) is 16.9 Å². The Morgan fingerprint density at radius 1 is 1.27 bits per heavy atom. The van der Waals surface area contributed by atoms with Crippen LogP contribution in [0.25, 0.3) is 0 Å². The summed E-state index contributed by atoms with van der Waals surface area (Å²) in [5, 5.41) is 0. The number of carbonyl (C=O) groups excluding carboxylic acids is 2. The fourth-order valence-corrected chi connectivity index (χ4v) is 3.61. The molecule has 2 aliphatic heterocycles. The zero-order valence-electron chi connectivity index (χ0n) is 15.9. The van der Waals surface area contributed by atoms with Crippen LogP contribution in [0.15, 0.2) is 24.3 Å². The largest absolute Gasteiger partial charge is 0.497 e. The molecule has 7 heteroatoms. The fraction of sp³-hybridized carbons (Fsp3) is 0.579. The van der Waals surface area contributed by atoms with Crippen LogP contribution in [0.3, 0.4) is 0 Å². The molecule has 2 amide bonds. The Balaban J connectivity index is 1.55. The van der Waals surface area contributed by atoms with Crippen LogP contribution in [0.5, 0.6) is 5.75 Å². The number of nitrogens with zero attached hydrogens (tertiary/aromatic N) is 4. The minimum absolute atomic E-state index is 0.0445.